The Morgan fingerprint density at radius 2 is 1.17 bits per heavy atom. The van der Waals surface area contributed by atoms with Gasteiger partial charge < -0.3 is 20.4 Å². The van der Waals surface area contributed by atoms with Crippen molar-refractivity contribution >= 4 is 70.4 Å². The second-order valence-corrected chi connectivity index (χ2v) is 17.9. The molecule has 2 aromatic heterocycles. The number of benzene rings is 2. The molecule has 0 atom stereocenters. The number of urea groups is 2. The van der Waals surface area contributed by atoms with Crippen LogP contribution >= 0.6 is 22.7 Å². The number of sulfone groups is 2. The lowest BCUT2D eigenvalue weighted by Gasteiger charge is -2.24. The van der Waals surface area contributed by atoms with E-state index >= 15 is 0 Å². The van der Waals surface area contributed by atoms with Gasteiger partial charge >= 0.3 is 12.1 Å². The maximum Gasteiger partial charge on any atom is 0.321 e. The van der Waals surface area contributed by atoms with Gasteiger partial charge in [0.15, 0.2) is 29.9 Å². The van der Waals surface area contributed by atoms with Gasteiger partial charge in [-0.3, -0.25) is 10.6 Å². The molecule has 0 bridgehead atoms. The van der Waals surface area contributed by atoms with Crippen molar-refractivity contribution in [2.45, 2.75) is 37.5 Å². The second kappa shape index (κ2) is 18.0. The lowest BCUT2D eigenvalue weighted by atomic mass is 10.1. The molecule has 0 fully saturated rings. The van der Waals surface area contributed by atoms with E-state index in [1.807, 2.05) is 50.9 Å². The summed E-state index contributed by atoms with van der Waals surface area (Å²) in [4.78, 5) is 37.4. The van der Waals surface area contributed by atoms with Crippen LogP contribution < -0.4 is 26.2 Å². The Labute approximate surface area is 312 Å². The summed E-state index contributed by atoms with van der Waals surface area (Å²) >= 11 is 2.55. The minimum Gasteiger partial charge on any atom is -0.372 e. The van der Waals surface area contributed by atoms with Crippen LogP contribution in [-0.2, 0) is 19.7 Å². The quantitative estimate of drug-likeness (QED) is 0.144. The van der Waals surface area contributed by atoms with Crippen LogP contribution in [-0.4, -0.2) is 104 Å². The summed E-state index contributed by atoms with van der Waals surface area (Å²) in [6, 6.07) is 8.55. The first-order valence-corrected chi connectivity index (χ1v) is 21.4. The average molecular weight is 797 g/mol. The molecule has 284 valence electrons. The molecule has 0 saturated carbocycles. The molecule has 0 aliphatic carbocycles. The third-order valence-corrected chi connectivity index (χ3v) is 11.7. The van der Waals surface area contributed by atoms with Gasteiger partial charge in [0.1, 0.15) is 10.7 Å². The highest BCUT2D eigenvalue weighted by molar-refractivity contribution is 7.91. The third kappa shape index (κ3) is 11.7. The van der Waals surface area contributed by atoms with Gasteiger partial charge in [0.2, 0.25) is 0 Å². The van der Waals surface area contributed by atoms with Gasteiger partial charge in [-0.05, 0) is 77.2 Å². The van der Waals surface area contributed by atoms with E-state index in [0.29, 0.717) is 56.6 Å². The SMILES string of the molecule is CCNC(=O)Nc1nc(C)c(-c2ccc(S(C)(=O)=O)c(F)c2)s1.CCNC(=O)Nc1nc(C)c(-c2ccc(S(C)(=O)=O)c(N(C)CCN(C)C)c2)s1. The monoisotopic (exact) mass is 796 g/mol. The van der Waals surface area contributed by atoms with Gasteiger partial charge in [-0.1, -0.05) is 34.8 Å². The van der Waals surface area contributed by atoms with Gasteiger partial charge in [-0.15, -0.1) is 0 Å². The first-order valence-electron chi connectivity index (χ1n) is 16.0. The minimum absolute atomic E-state index is 0.297. The second-order valence-electron chi connectivity index (χ2n) is 11.9. The first-order chi connectivity index (χ1) is 24.2. The van der Waals surface area contributed by atoms with E-state index in [4.69, 9.17) is 0 Å². The number of carbonyl (C=O) groups is 2. The molecular weight excluding hydrogens is 752 g/mol. The van der Waals surface area contributed by atoms with Crippen LogP contribution in [0.3, 0.4) is 0 Å². The Balaban J connectivity index is 0.000000288. The number of nitrogens with zero attached hydrogens (tertiary/aromatic N) is 4. The predicted molar refractivity (Wildman–Crippen MR) is 208 cm³/mol. The number of thiazole rings is 2. The highest BCUT2D eigenvalue weighted by Gasteiger charge is 2.20. The van der Waals surface area contributed by atoms with Gasteiger partial charge in [-0.25, -0.2) is 40.8 Å². The van der Waals surface area contributed by atoms with Crippen LogP contribution in [0.1, 0.15) is 25.2 Å². The lowest BCUT2D eigenvalue weighted by molar-refractivity contribution is 0.251. The van der Waals surface area contributed by atoms with E-state index in [-0.39, 0.29) is 17.0 Å². The average Bonchev–Trinajstić information content (AvgIpc) is 3.59. The summed E-state index contributed by atoms with van der Waals surface area (Å²) in [7, 11) is -1.14. The summed E-state index contributed by atoms with van der Waals surface area (Å²) in [6.45, 7) is 9.74. The number of carbonyl (C=O) groups excluding carboxylic acids is 2. The molecule has 52 heavy (non-hydrogen) atoms. The molecule has 4 amide bonds. The number of anilines is 3. The summed E-state index contributed by atoms with van der Waals surface area (Å²) < 4.78 is 61.5. The highest BCUT2D eigenvalue weighted by atomic mass is 32.2. The van der Waals surface area contributed by atoms with Crippen molar-refractivity contribution in [2.75, 3.05) is 75.4 Å². The lowest BCUT2D eigenvalue weighted by Crippen LogP contribution is -2.29. The Morgan fingerprint density at radius 3 is 1.58 bits per heavy atom. The zero-order valence-electron chi connectivity index (χ0n) is 30.5. The van der Waals surface area contributed by atoms with E-state index in [1.54, 1.807) is 26.0 Å². The topological polar surface area (TPSA) is 183 Å². The maximum atomic E-state index is 14.0. The van der Waals surface area contributed by atoms with Crippen LogP contribution in [0, 0.1) is 19.7 Å². The fraction of sp³-hybridized carbons (Fsp3) is 0.394. The number of likely N-dealkylation sites (N-methyl/N-ethyl adjacent to an activating group) is 2. The minimum atomic E-state index is -3.61. The number of aromatic nitrogens is 2. The van der Waals surface area contributed by atoms with Crippen LogP contribution in [0.5, 0.6) is 0 Å². The molecule has 2 heterocycles. The van der Waals surface area contributed by atoms with E-state index in [2.05, 4.69) is 31.2 Å². The Hall–Kier alpha value is -4.17. The van der Waals surface area contributed by atoms with Crippen LogP contribution in [0.2, 0.25) is 0 Å². The number of hydrogen-bond donors (Lipinski definition) is 4. The summed E-state index contributed by atoms with van der Waals surface area (Å²) in [5.74, 6) is -0.809. The van der Waals surface area contributed by atoms with Crippen molar-refractivity contribution in [2.24, 2.45) is 0 Å². The van der Waals surface area contributed by atoms with Crippen molar-refractivity contribution < 1.29 is 30.8 Å². The van der Waals surface area contributed by atoms with E-state index in [0.717, 1.165) is 35.0 Å². The molecule has 0 aliphatic rings. The van der Waals surface area contributed by atoms with E-state index < -0.39 is 25.5 Å². The molecule has 0 saturated heterocycles. The summed E-state index contributed by atoms with van der Waals surface area (Å²) in [6.07, 6.45) is 2.18. The normalized spacial score (nSPS) is 11.4. The van der Waals surface area contributed by atoms with Crippen molar-refractivity contribution in [3.8, 4) is 20.9 Å². The number of aryl methyl sites for hydroxylation is 2. The maximum absolute atomic E-state index is 14.0. The smallest absolute Gasteiger partial charge is 0.321 e. The van der Waals surface area contributed by atoms with E-state index in [1.165, 1.54) is 41.1 Å². The molecule has 2 aromatic carbocycles. The molecule has 0 radical (unpaired) electrons. The number of hydrogen-bond acceptors (Lipinski definition) is 12. The Kier molecular flexibility index (Phi) is 14.7. The van der Waals surface area contributed by atoms with Crippen LogP contribution in [0.15, 0.2) is 46.2 Å². The number of rotatable bonds is 12. The van der Waals surface area contributed by atoms with E-state index in [9.17, 15) is 30.8 Å². The molecule has 4 aromatic rings. The third-order valence-electron chi connectivity index (χ3n) is 7.22. The molecule has 4 N–H and O–H groups in total. The molecule has 0 spiro atoms. The predicted octanol–water partition coefficient (Wildman–Crippen LogP) is 5.46. The van der Waals surface area contributed by atoms with Crippen LogP contribution in [0.4, 0.5) is 29.9 Å². The Morgan fingerprint density at radius 1 is 0.731 bits per heavy atom. The molecular formula is C33H45FN8O6S4. The van der Waals surface area contributed by atoms with Gasteiger partial charge in [0.25, 0.3) is 0 Å². The standard InChI is InChI=1S/C19H29N5O3S2.C14H16FN3O3S2/c1-7-20-18(25)22-19-21-13(2)17(28-19)14-8-9-16(29(6,26)27)15(12-14)24(5)11-10-23(3)4;1-4-16-13(19)18-14-17-8(2)12(22-14)9-5-6-11(10(15)7-9)23(3,20)21/h8-9,12H,7,10-11H2,1-6H3,(H2,20,21,22,25);5-7H,4H2,1-3H3,(H2,16,17,18,19). The van der Waals surface area contributed by atoms with Crippen molar-refractivity contribution in [3.05, 3.63) is 53.6 Å². The van der Waals surface area contributed by atoms with Gasteiger partial charge in [0.05, 0.1) is 31.7 Å². The number of nitrogens with one attached hydrogen (secondary N) is 4. The molecule has 0 unspecified atom stereocenters. The first kappa shape index (κ1) is 42.2. The van der Waals surface area contributed by atoms with Gasteiger partial charge in [0, 0.05) is 45.7 Å². The molecule has 14 nitrogen and oxygen atoms in total. The number of halogens is 1. The zero-order chi connectivity index (χ0) is 39.0. The molecule has 4 rings (SSSR count). The molecule has 19 heteroatoms. The summed E-state index contributed by atoms with van der Waals surface area (Å²) in [5, 5.41) is 11.5. The Bertz CT molecular complexity index is 2120. The van der Waals surface area contributed by atoms with Gasteiger partial charge in [-0.2, -0.15) is 0 Å². The van der Waals surface area contributed by atoms with Crippen molar-refractivity contribution in [3.63, 3.8) is 0 Å². The summed E-state index contributed by atoms with van der Waals surface area (Å²) in [5.41, 5.74) is 3.42. The van der Waals surface area contributed by atoms with Crippen LogP contribution in [0.25, 0.3) is 20.9 Å². The fourth-order valence-electron chi connectivity index (χ4n) is 4.72. The van der Waals surface area contributed by atoms with Crippen molar-refractivity contribution in [1.82, 2.24) is 25.5 Å². The largest absolute Gasteiger partial charge is 0.372 e. The number of amides is 4. The molecule has 0 aliphatic heterocycles. The zero-order valence-corrected chi connectivity index (χ0v) is 33.8. The highest BCUT2D eigenvalue weighted by Crippen LogP contribution is 2.37. The van der Waals surface area contributed by atoms with Crippen molar-refractivity contribution in [1.29, 1.82) is 0 Å². The fourth-order valence-corrected chi connectivity index (χ4v) is 8.28.